The summed E-state index contributed by atoms with van der Waals surface area (Å²) < 4.78 is 0. The van der Waals surface area contributed by atoms with Gasteiger partial charge < -0.3 is 15.7 Å². The predicted molar refractivity (Wildman–Crippen MR) is 82.8 cm³/mol. The SMILES string of the molecule is CSCC[C@H](NC(=O)Nc1cc(Cl)ccc1C)C(=O)O. The lowest BCUT2D eigenvalue weighted by Gasteiger charge is -2.15. The molecule has 1 aromatic carbocycles. The maximum Gasteiger partial charge on any atom is 0.326 e. The lowest BCUT2D eigenvalue weighted by molar-refractivity contribution is -0.139. The van der Waals surface area contributed by atoms with Gasteiger partial charge in [-0.05, 0) is 43.0 Å². The van der Waals surface area contributed by atoms with Gasteiger partial charge in [0.05, 0.1) is 0 Å². The van der Waals surface area contributed by atoms with Crippen LogP contribution in [0.5, 0.6) is 0 Å². The minimum absolute atomic E-state index is 0.373. The number of carboxylic acid groups (broad SMARTS) is 1. The van der Waals surface area contributed by atoms with Crippen molar-refractivity contribution < 1.29 is 14.7 Å². The Kier molecular flexibility index (Phi) is 6.67. The second-order valence-corrected chi connectivity index (χ2v) is 5.65. The molecule has 0 heterocycles. The van der Waals surface area contributed by atoms with E-state index in [2.05, 4.69) is 10.6 Å². The second kappa shape index (κ2) is 8.01. The molecule has 20 heavy (non-hydrogen) atoms. The number of benzene rings is 1. The van der Waals surface area contributed by atoms with E-state index in [1.54, 1.807) is 18.2 Å². The quantitative estimate of drug-likeness (QED) is 0.754. The minimum Gasteiger partial charge on any atom is -0.480 e. The second-order valence-electron chi connectivity index (χ2n) is 4.23. The van der Waals surface area contributed by atoms with E-state index in [0.717, 1.165) is 5.56 Å². The monoisotopic (exact) mass is 316 g/mol. The van der Waals surface area contributed by atoms with Gasteiger partial charge in [0.1, 0.15) is 6.04 Å². The molecule has 0 saturated heterocycles. The van der Waals surface area contributed by atoms with E-state index in [-0.39, 0.29) is 0 Å². The van der Waals surface area contributed by atoms with Crippen molar-refractivity contribution in [1.82, 2.24) is 5.32 Å². The largest absolute Gasteiger partial charge is 0.480 e. The minimum atomic E-state index is -1.04. The summed E-state index contributed by atoms with van der Waals surface area (Å²) in [6.07, 6.45) is 2.26. The highest BCUT2D eigenvalue weighted by molar-refractivity contribution is 7.98. The Hall–Kier alpha value is -1.40. The number of carbonyl (C=O) groups excluding carboxylic acids is 1. The van der Waals surface area contributed by atoms with Crippen molar-refractivity contribution in [1.29, 1.82) is 0 Å². The topological polar surface area (TPSA) is 78.4 Å². The number of aliphatic carboxylic acids is 1. The summed E-state index contributed by atoms with van der Waals surface area (Å²) in [5, 5.41) is 14.6. The van der Waals surface area contributed by atoms with Gasteiger partial charge in [-0.15, -0.1) is 0 Å². The molecule has 0 aliphatic rings. The van der Waals surface area contributed by atoms with Gasteiger partial charge in [0.2, 0.25) is 0 Å². The van der Waals surface area contributed by atoms with E-state index in [1.165, 1.54) is 11.8 Å². The molecule has 0 bridgehead atoms. The number of carboxylic acids is 1. The summed E-state index contributed by atoms with van der Waals surface area (Å²) in [6, 6.07) is 3.67. The van der Waals surface area contributed by atoms with E-state index in [0.29, 0.717) is 22.9 Å². The third-order valence-corrected chi connectivity index (χ3v) is 3.54. The summed E-state index contributed by atoms with van der Waals surface area (Å²) in [4.78, 5) is 22.9. The number of anilines is 1. The van der Waals surface area contributed by atoms with Gasteiger partial charge in [-0.1, -0.05) is 17.7 Å². The molecular weight excluding hydrogens is 300 g/mol. The summed E-state index contributed by atoms with van der Waals surface area (Å²) in [6.45, 7) is 1.83. The first-order chi connectivity index (χ1) is 9.43. The maximum absolute atomic E-state index is 11.8. The molecular formula is C13H17ClN2O3S. The van der Waals surface area contributed by atoms with Gasteiger partial charge in [0, 0.05) is 10.7 Å². The predicted octanol–water partition coefficient (Wildman–Crippen LogP) is 2.98. The number of thioether (sulfide) groups is 1. The molecule has 0 unspecified atom stereocenters. The van der Waals surface area contributed by atoms with E-state index in [1.807, 2.05) is 13.2 Å². The average Bonchev–Trinajstić information content (AvgIpc) is 2.38. The Morgan fingerprint density at radius 2 is 2.15 bits per heavy atom. The highest BCUT2D eigenvalue weighted by atomic mass is 35.5. The fraction of sp³-hybridized carbons (Fsp3) is 0.385. The zero-order chi connectivity index (χ0) is 15.1. The lowest BCUT2D eigenvalue weighted by atomic mass is 10.2. The van der Waals surface area contributed by atoms with E-state index in [9.17, 15) is 9.59 Å². The molecule has 0 radical (unpaired) electrons. The first kappa shape index (κ1) is 16.7. The van der Waals surface area contributed by atoms with Gasteiger partial charge in [-0.25, -0.2) is 9.59 Å². The van der Waals surface area contributed by atoms with Gasteiger partial charge >= 0.3 is 12.0 Å². The van der Waals surface area contributed by atoms with Crippen LogP contribution in [-0.2, 0) is 4.79 Å². The standard InChI is InChI=1S/C13H17ClN2O3S/c1-8-3-4-9(14)7-11(8)16-13(19)15-10(12(17)18)5-6-20-2/h3-4,7,10H,5-6H2,1-2H3,(H,17,18)(H2,15,16,19)/t10-/m0/s1. The molecule has 3 N–H and O–H groups in total. The Bertz CT molecular complexity index is 497. The van der Waals surface area contributed by atoms with Gasteiger partial charge in [0.25, 0.3) is 0 Å². The molecule has 2 amide bonds. The summed E-state index contributed by atoms with van der Waals surface area (Å²) >= 11 is 7.39. The Labute approximate surface area is 127 Å². The number of hydrogen-bond donors (Lipinski definition) is 3. The van der Waals surface area contributed by atoms with Crippen molar-refractivity contribution in [2.75, 3.05) is 17.3 Å². The Balaban J connectivity index is 2.65. The average molecular weight is 317 g/mol. The summed E-state index contributed by atoms with van der Waals surface area (Å²) in [7, 11) is 0. The van der Waals surface area contributed by atoms with Crippen molar-refractivity contribution in [2.24, 2.45) is 0 Å². The van der Waals surface area contributed by atoms with Crippen LogP contribution in [0.4, 0.5) is 10.5 Å². The first-order valence-electron chi connectivity index (χ1n) is 5.99. The molecule has 110 valence electrons. The summed E-state index contributed by atoms with van der Waals surface area (Å²) in [5.41, 5.74) is 1.41. The Morgan fingerprint density at radius 3 is 2.75 bits per heavy atom. The molecule has 0 aromatic heterocycles. The smallest absolute Gasteiger partial charge is 0.326 e. The van der Waals surface area contributed by atoms with E-state index < -0.39 is 18.0 Å². The number of carbonyl (C=O) groups is 2. The van der Waals surface area contributed by atoms with Crippen LogP contribution >= 0.6 is 23.4 Å². The van der Waals surface area contributed by atoms with Crippen LogP contribution in [0, 0.1) is 6.92 Å². The number of amides is 2. The normalized spacial score (nSPS) is 11.8. The fourth-order valence-corrected chi connectivity index (χ4v) is 2.18. The lowest BCUT2D eigenvalue weighted by Crippen LogP contribution is -2.43. The van der Waals surface area contributed by atoms with Crippen molar-refractivity contribution in [3.63, 3.8) is 0 Å². The summed E-state index contributed by atoms with van der Waals surface area (Å²) in [5.74, 6) is -0.384. The van der Waals surface area contributed by atoms with Crippen LogP contribution in [0.3, 0.4) is 0 Å². The molecule has 1 aromatic rings. The molecule has 0 fully saturated rings. The van der Waals surface area contributed by atoms with E-state index in [4.69, 9.17) is 16.7 Å². The molecule has 0 aliphatic heterocycles. The highest BCUT2D eigenvalue weighted by Crippen LogP contribution is 2.20. The first-order valence-corrected chi connectivity index (χ1v) is 7.76. The number of urea groups is 1. The number of aryl methyl sites for hydroxylation is 1. The fourth-order valence-electron chi connectivity index (χ4n) is 1.54. The number of halogens is 1. The number of rotatable bonds is 6. The van der Waals surface area contributed by atoms with Crippen LogP contribution in [0.25, 0.3) is 0 Å². The van der Waals surface area contributed by atoms with Gasteiger partial charge in [-0.3, -0.25) is 0 Å². The zero-order valence-electron chi connectivity index (χ0n) is 11.3. The molecule has 1 atom stereocenters. The third-order valence-electron chi connectivity index (χ3n) is 2.66. The number of nitrogens with one attached hydrogen (secondary N) is 2. The number of hydrogen-bond acceptors (Lipinski definition) is 3. The maximum atomic E-state index is 11.8. The Morgan fingerprint density at radius 1 is 1.45 bits per heavy atom. The van der Waals surface area contributed by atoms with Crippen molar-refractivity contribution >= 4 is 41.1 Å². The molecule has 5 nitrogen and oxygen atoms in total. The van der Waals surface area contributed by atoms with Crippen LogP contribution in [-0.4, -0.2) is 35.2 Å². The van der Waals surface area contributed by atoms with Crippen molar-refractivity contribution in [3.05, 3.63) is 28.8 Å². The molecule has 0 spiro atoms. The van der Waals surface area contributed by atoms with Crippen molar-refractivity contribution in [3.8, 4) is 0 Å². The van der Waals surface area contributed by atoms with Gasteiger partial charge in [0.15, 0.2) is 0 Å². The molecule has 0 aliphatic carbocycles. The molecule has 1 rings (SSSR count). The van der Waals surface area contributed by atoms with Crippen LogP contribution < -0.4 is 10.6 Å². The van der Waals surface area contributed by atoms with Gasteiger partial charge in [-0.2, -0.15) is 11.8 Å². The molecule has 7 heteroatoms. The zero-order valence-corrected chi connectivity index (χ0v) is 12.8. The van der Waals surface area contributed by atoms with Crippen molar-refractivity contribution in [2.45, 2.75) is 19.4 Å². The highest BCUT2D eigenvalue weighted by Gasteiger charge is 2.19. The molecule has 0 saturated carbocycles. The van der Waals surface area contributed by atoms with Crippen LogP contribution in [0.15, 0.2) is 18.2 Å². The van der Waals surface area contributed by atoms with Crippen LogP contribution in [0.2, 0.25) is 5.02 Å². The van der Waals surface area contributed by atoms with E-state index >= 15 is 0 Å². The van der Waals surface area contributed by atoms with Crippen LogP contribution in [0.1, 0.15) is 12.0 Å². The third kappa shape index (κ3) is 5.30.